The summed E-state index contributed by atoms with van der Waals surface area (Å²) in [5.74, 6) is 0.0141. The Balaban J connectivity index is 2.40. The van der Waals surface area contributed by atoms with E-state index in [-0.39, 0.29) is 30.4 Å². The second-order valence-electron chi connectivity index (χ2n) is 5.84. The third-order valence-electron chi connectivity index (χ3n) is 3.12. The maximum absolute atomic E-state index is 12.8. The number of anilines is 1. The van der Waals surface area contributed by atoms with Crippen molar-refractivity contribution in [2.45, 2.75) is 45.7 Å². The van der Waals surface area contributed by atoms with Crippen LogP contribution in [0.3, 0.4) is 0 Å². The van der Waals surface area contributed by atoms with E-state index in [0.717, 1.165) is 6.42 Å². The zero-order valence-electron chi connectivity index (χ0n) is 12.9. The quantitative estimate of drug-likeness (QED) is 0.691. The molecule has 2 atom stereocenters. The van der Waals surface area contributed by atoms with Gasteiger partial charge in [0.25, 0.3) is 0 Å². The highest BCUT2D eigenvalue weighted by atomic mass is 19.1. The van der Waals surface area contributed by atoms with Gasteiger partial charge in [0, 0.05) is 24.2 Å². The SMILES string of the molecule is CC(C)CC(CO)NC(C)CC(=O)Nc1ccc(F)cc1. The number of aliphatic hydroxyl groups is 1. The molecule has 1 aromatic rings. The van der Waals surface area contributed by atoms with Crippen LogP contribution in [0.4, 0.5) is 10.1 Å². The molecule has 0 fully saturated rings. The number of carbonyl (C=O) groups excluding carboxylic acids is 1. The van der Waals surface area contributed by atoms with Crippen molar-refractivity contribution in [3.63, 3.8) is 0 Å². The number of nitrogens with one attached hydrogen (secondary N) is 2. The van der Waals surface area contributed by atoms with Gasteiger partial charge < -0.3 is 15.7 Å². The molecule has 1 aromatic carbocycles. The first-order valence-corrected chi connectivity index (χ1v) is 7.33. The van der Waals surface area contributed by atoms with Gasteiger partial charge in [-0.05, 0) is 43.5 Å². The number of carbonyl (C=O) groups is 1. The van der Waals surface area contributed by atoms with Crippen molar-refractivity contribution in [3.8, 4) is 0 Å². The third-order valence-corrected chi connectivity index (χ3v) is 3.12. The van der Waals surface area contributed by atoms with Crippen LogP contribution in [0.5, 0.6) is 0 Å². The second-order valence-corrected chi connectivity index (χ2v) is 5.84. The fourth-order valence-corrected chi connectivity index (χ4v) is 2.25. The molecule has 0 heterocycles. The summed E-state index contributed by atoms with van der Waals surface area (Å²) < 4.78 is 12.8. The minimum Gasteiger partial charge on any atom is -0.395 e. The summed E-state index contributed by atoms with van der Waals surface area (Å²) in [5, 5.41) is 15.3. The molecule has 3 N–H and O–H groups in total. The zero-order valence-corrected chi connectivity index (χ0v) is 12.9. The van der Waals surface area contributed by atoms with Gasteiger partial charge >= 0.3 is 0 Å². The van der Waals surface area contributed by atoms with Crippen molar-refractivity contribution in [3.05, 3.63) is 30.1 Å². The summed E-state index contributed by atoms with van der Waals surface area (Å²) >= 11 is 0. The largest absolute Gasteiger partial charge is 0.395 e. The number of hydrogen-bond acceptors (Lipinski definition) is 3. The number of hydrogen-bond donors (Lipinski definition) is 3. The van der Waals surface area contributed by atoms with Crippen molar-refractivity contribution < 1.29 is 14.3 Å². The molecule has 2 unspecified atom stereocenters. The van der Waals surface area contributed by atoms with Crippen LogP contribution in [0.1, 0.15) is 33.6 Å². The molecule has 0 aromatic heterocycles. The lowest BCUT2D eigenvalue weighted by molar-refractivity contribution is -0.116. The van der Waals surface area contributed by atoms with Crippen LogP contribution in [0.25, 0.3) is 0 Å². The summed E-state index contributed by atoms with van der Waals surface area (Å²) in [6.07, 6.45) is 1.16. The average molecular weight is 296 g/mol. The van der Waals surface area contributed by atoms with Crippen LogP contribution in [-0.2, 0) is 4.79 Å². The molecule has 118 valence electrons. The van der Waals surface area contributed by atoms with Gasteiger partial charge in [0.1, 0.15) is 5.82 Å². The summed E-state index contributed by atoms with van der Waals surface area (Å²) in [6.45, 7) is 6.15. The van der Waals surface area contributed by atoms with Crippen LogP contribution in [0.15, 0.2) is 24.3 Å². The lowest BCUT2D eigenvalue weighted by Gasteiger charge is -2.22. The van der Waals surface area contributed by atoms with Crippen molar-refractivity contribution in [2.24, 2.45) is 5.92 Å². The van der Waals surface area contributed by atoms with Gasteiger partial charge in [0.15, 0.2) is 0 Å². The van der Waals surface area contributed by atoms with Crippen molar-refractivity contribution in [1.82, 2.24) is 5.32 Å². The Morgan fingerprint density at radius 3 is 2.38 bits per heavy atom. The fraction of sp³-hybridized carbons (Fsp3) is 0.562. The molecule has 0 saturated carbocycles. The molecule has 0 radical (unpaired) electrons. The predicted molar refractivity (Wildman–Crippen MR) is 82.6 cm³/mol. The summed E-state index contributed by atoms with van der Waals surface area (Å²) in [5.41, 5.74) is 0.578. The van der Waals surface area contributed by atoms with E-state index in [1.807, 2.05) is 6.92 Å². The molecule has 21 heavy (non-hydrogen) atoms. The Bertz CT molecular complexity index is 434. The number of benzene rings is 1. The van der Waals surface area contributed by atoms with Crippen molar-refractivity contribution in [2.75, 3.05) is 11.9 Å². The van der Waals surface area contributed by atoms with E-state index < -0.39 is 0 Å². The van der Waals surface area contributed by atoms with Gasteiger partial charge in [-0.2, -0.15) is 0 Å². The Morgan fingerprint density at radius 1 is 1.24 bits per heavy atom. The van der Waals surface area contributed by atoms with Gasteiger partial charge in [0.05, 0.1) is 6.61 Å². The summed E-state index contributed by atoms with van der Waals surface area (Å²) in [7, 11) is 0. The summed E-state index contributed by atoms with van der Waals surface area (Å²) in [4.78, 5) is 11.9. The Morgan fingerprint density at radius 2 is 1.86 bits per heavy atom. The maximum Gasteiger partial charge on any atom is 0.225 e. The molecular formula is C16H25FN2O2. The van der Waals surface area contributed by atoms with E-state index >= 15 is 0 Å². The van der Waals surface area contributed by atoms with Crippen LogP contribution in [-0.4, -0.2) is 29.7 Å². The van der Waals surface area contributed by atoms with Gasteiger partial charge in [-0.25, -0.2) is 4.39 Å². The van der Waals surface area contributed by atoms with Crippen LogP contribution >= 0.6 is 0 Å². The number of rotatable bonds is 8. The maximum atomic E-state index is 12.8. The van der Waals surface area contributed by atoms with Gasteiger partial charge in [-0.15, -0.1) is 0 Å². The highest BCUT2D eigenvalue weighted by Gasteiger charge is 2.15. The van der Waals surface area contributed by atoms with E-state index in [2.05, 4.69) is 24.5 Å². The van der Waals surface area contributed by atoms with Crippen LogP contribution in [0.2, 0.25) is 0 Å². The standard InChI is InChI=1S/C16H25FN2O2/c1-11(2)8-15(10-20)18-12(3)9-16(21)19-14-6-4-13(17)5-7-14/h4-7,11-12,15,18,20H,8-10H2,1-3H3,(H,19,21). The van der Waals surface area contributed by atoms with Gasteiger partial charge in [-0.1, -0.05) is 13.8 Å². The topological polar surface area (TPSA) is 61.4 Å². The van der Waals surface area contributed by atoms with Crippen molar-refractivity contribution in [1.29, 1.82) is 0 Å². The molecule has 0 aliphatic heterocycles. The predicted octanol–water partition coefficient (Wildman–Crippen LogP) is 2.54. The summed E-state index contributed by atoms with van der Waals surface area (Å²) in [6, 6.07) is 5.63. The molecule has 1 amide bonds. The van der Waals surface area contributed by atoms with E-state index in [9.17, 15) is 14.3 Å². The molecule has 5 heteroatoms. The number of halogens is 1. The average Bonchev–Trinajstić information content (AvgIpc) is 2.39. The van der Waals surface area contributed by atoms with Gasteiger partial charge in [0.2, 0.25) is 5.91 Å². The minimum atomic E-state index is -0.331. The van der Waals surface area contributed by atoms with Crippen molar-refractivity contribution >= 4 is 11.6 Å². The number of amides is 1. The molecular weight excluding hydrogens is 271 g/mol. The smallest absolute Gasteiger partial charge is 0.225 e. The minimum absolute atomic E-state index is 0.00128. The second kappa shape index (κ2) is 8.74. The molecule has 0 aliphatic carbocycles. The highest BCUT2D eigenvalue weighted by molar-refractivity contribution is 5.91. The third kappa shape index (κ3) is 7.20. The van der Waals surface area contributed by atoms with Crippen LogP contribution < -0.4 is 10.6 Å². The first-order valence-electron chi connectivity index (χ1n) is 7.33. The first kappa shape index (κ1) is 17.6. The molecule has 1 rings (SSSR count). The molecule has 0 aliphatic rings. The molecule has 0 bridgehead atoms. The first-order chi connectivity index (χ1) is 9.90. The highest BCUT2D eigenvalue weighted by Crippen LogP contribution is 2.10. The Kier molecular flexibility index (Phi) is 7.32. The van der Waals surface area contributed by atoms with E-state index in [1.54, 1.807) is 0 Å². The molecule has 0 saturated heterocycles. The van der Waals surface area contributed by atoms with Crippen LogP contribution in [0, 0.1) is 11.7 Å². The normalized spacial score (nSPS) is 14.0. The molecule has 4 nitrogen and oxygen atoms in total. The lowest BCUT2D eigenvalue weighted by atomic mass is 10.0. The number of aliphatic hydroxyl groups excluding tert-OH is 1. The lowest BCUT2D eigenvalue weighted by Crippen LogP contribution is -2.41. The Labute approximate surface area is 125 Å². The fourth-order valence-electron chi connectivity index (χ4n) is 2.25. The Hall–Kier alpha value is -1.46. The zero-order chi connectivity index (χ0) is 15.8. The monoisotopic (exact) mass is 296 g/mol. The van der Waals surface area contributed by atoms with Gasteiger partial charge in [-0.3, -0.25) is 4.79 Å². The van der Waals surface area contributed by atoms with E-state index in [1.165, 1.54) is 24.3 Å². The van der Waals surface area contributed by atoms with E-state index in [4.69, 9.17) is 0 Å². The van der Waals surface area contributed by atoms with E-state index in [0.29, 0.717) is 18.0 Å². The molecule has 0 spiro atoms.